The van der Waals surface area contributed by atoms with Gasteiger partial charge in [-0.25, -0.2) is 4.79 Å². The van der Waals surface area contributed by atoms with Crippen LogP contribution < -0.4 is 15.4 Å². The Kier molecular flexibility index (Phi) is 10.1. The van der Waals surface area contributed by atoms with Crippen LogP contribution in [0.15, 0.2) is 42.5 Å². The predicted molar refractivity (Wildman–Crippen MR) is 131 cm³/mol. The van der Waals surface area contributed by atoms with E-state index in [9.17, 15) is 9.59 Å². The van der Waals surface area contributed by atoms with Crippen molar-refractivity contribution >= 4 is 34.9 Å². The molecule has 0 bridgehead atoms. The molecule has 0 aromatic heterocycles. The van der Waals surface area contributed by atoms with Crippen LogP contribution in [-0.2, 0) is 9.53 Å². The van der Waals surface area contributed by atoms with E-state index in [1.54, 1.807) is 24.3 Å². The molecule has 2 aromatic carbocycles. The summed E-state index contributed by atoms with van der Waals surface area (Å²) in [6, 6.07) is 12.5. The minimum absolute atomic E-state index is 0.148. The van der Waals surface area contributed by atoms with Crippen molar-refractivity contribution in [2.24, 2.45) is 0 Å². The van der Waals surface area contributed by atoms with Gasteiger partial charge in [-0.1, -0.05) is 39.7 Å². The van der Waals surface area contributed by atoms with E-state index in [0.717, 1.165) is 24.8 Å². The highest BCUT2D eigenvalue weighted by Crippen LogP contribution is 2.23. The molecule has 2 N–H and O–H groups in total. The monoisotopic (exact) mass is 456 g/mol. The molecule has 0 heterocycles. The molecule has 0 spiro atoms. The first kappa shape index (κ1) is 25.3. The number of esters is 1. The number of nitrogens with one attached hydrogen (secondary N) is 2. The number of carbonyl (C=O) groups excluding carboxylic acids is 2. The van der Waals surface area contributed by atoms with Gasteiger partial charge in [-0.2, -0.15) is 0 Å². The zero-order valence-corrected chi connectivity index (χ0v) is 20.0. The smallest absolute Gasteiger partial charge is 0.338 e. The first-order valence-electron chi connectivity index (χ1n) is 10.9. The van der Waals surface area contributed by atoms with Gasteiger partial charge >= 0.3 is 5.97 Å². The van der Waals surface area contributed by atoms with Gasteiger partial charge in [0.1, 0.15) is 5.75 Å². The van der Waals surface area contributed by atoms with Crippen molar-refractivity contribution in [1.82, 2.24) is 5.32 Å². The van der Waals surface area contributed by atoms with E-state index in [4.69, 9.17) is 21.7 Å². The molecule has 172 valence electrons. The summed E-state index contributed by atoms with van der Waals surface area (Å²) in [6.45, 7) is 8.67. The van der Waals surface area contributed by atoms with Crippen molar-refractivity contribution < 1.29 is 19.1 Å². The maximum absolute atomic E-state index is 12.1. The number of aryl methyl sites for hydroxylation is 1. The van der Waals surface area contributed by atoms with Gasteiger partial charge in [0.25, 0.3) is 5.91 Å². The summed E-state index contributed by atoms with van der Waals surface area (Å²) < 4.78 is 10.8. The second-order valence-electron chi connectivity index (χ2n) is 7.88. The first-order valence-corrected chi connectivity index (χ1v) is 11.3. The van der Waals surface area contributed by atoms with Crippen LogP contribution in [-0.4, -0.2) is 30.2 Å². The highest BCUT2D eigenvalue weighted by atomic mass is 32.1. The molecule has 0 saturated carbocycles. The summed E-state index contributed by atoms with van der Waals surface area (Å²) in [4.78, 5) is 24.2. The molecule has 0 atom stereocenters. The van der Waals surface area contributed by atoms with E-state index in [-0.39, 0.29) is 23.6 Å². The molecule has 1 amide bonds. The van der Waals surface area contributed by atoms with E-state index >= 15 is 0 Å². The fourth-order valence-electron chi connectivity index (χ4n) is 3.15. The summed E-state index contributed by atoms with van der Waals surface area (Å²) in [6.07, 6.45) is 2.97. The Morgan fingerprint density at radius 1 is 1.06 bits per heavy atom. The highest BCUT2D eigenvalue weighted by Gasteiger charge is 2.10. The van der Waals surface area contributed by atoms with Gasteiger partial charge in [0.15, 0.2) is 11.7 Å². The molecular formula is C25H32N2O4S. The molecule has 7 heteroatoms. The third-order valence-corrected chi connectivity index (χ3v) is 5.05. The molecule has 32 heavy (non-hydrogen) atoms. The lowest BCUT2D eigenvalue weighted by Gasteiger charge is -2.13. The zero-order chi connectivity index (χ0) is 23.5. The van der Waals surface area contributed by atoms with Crippen LogP contribution in [0.3, 0.4) is 0 Å². The number of ether oxygens (including phenoxy) is 2. The first-order chi connectivity index (χ1) is 15.3. The quantitative estimate of drug-likeness (QED) is 0.285. The van der Waals surface area contributed by atoms with Crippen molar-refractivity contribution in [3.8, 4) is 5.75 Å². The van der Waals surface area contributed by atoms with Gasteiger partial charge in [-0.15, -0.1) is 0 Å². The van der Waals surface area contributed by atoms with Gasteiger partial charge in [-0.05, 0) is 79.0 Å². The molecule has 0 aliphatic heterocycles. The third kappa shape index (κ3) is 8.30. The third-order valence-electron chi connectivity index (χ3n) is 4.85. The second-order valence-corrected chi connectivity index (χ2v) is 8.29. The summed E-state index contributed by atoms with van der Waals surface area (Å²) in [5.41, 5.74) is 3.50. The Hall–Kier alpha value is -2.93. The Bertz CT molecular complexity index is 926. The van der Waals surface area contributed by atoms with Crippen LogP contribution in [0.1, 0.15) is 67.4 Å². The minimum Gasteiger partial charge on any atom is -0.484 e. The van der Waals surface area contributed by atoms with Crippen molar-refractivity contribution in [3.05, 3.63) is 59.2 Å². The van der Waals surface area contributed by atoms with Gasteiger partial charge in [0, 0.05) is 5.69 Å². The maximum Gasteiger partial charge on any atom is 0.338 e. The standard InChI is InChI=1S/C25H32N2O4S/c1-5-6-7-14-30-24(29)19-8-10-20(11-9-19)26-25(32)27-23(28)16-31-21-12-13-22(17(2)3)18(4)15-21/h8-13,15,17H,5-7,14,16H2,1-4H3,(H2,26,27,28,32). The number of amides is 1. The molecule has 0 fully saturated rings. The number of benzene rings is 2. The summed E-state index contributed by atoms with van der Waals surface area (Å²) in [5.74, 6) is 0.358. The zero-order valence-electron chi connectivity index (χ0n) is 19.2. The van der Waals surface area contributed by atoms with E-state index in [1.807, 2.05) is 25.1 Å². The number of thiocarbonyl (C=S) groups is 1. The average Bonchev–Trinajstić information content (AvgIpc) is 2.75. The van der Waals surface area contributed by atoms with E-state index < -0.39 is 0 Å². The molecule has 0 unspecified atom stereocenters. The van der Waals surface area contributed by atoms with E-state index in [2.05, 4.69) is 31.4 Å². The normalized spacial score (nSPS) is 10.5. The van der Waals surface area contributed by atoms with Crippen LogP contribution >= 0.6 is 12.2 Å². The molecule has 2 rings (SSSR count). The molecule has 2 aromatic rings. The van der Waals surface area contributed by atoms with E-state index in [0.29, 0.717) is 29.5 Å². The van der Waals surface area contributed by atoms with Crippen molar-refractivity contribution in [3.63, 3.8) is 0 Å². The molecular weight excluding hydrogens is 424 g/mol. The number of unbranched alkanes of at least 4 members (excludes halogenated alkanes) is 2. The number of hydrogen-bond acceptors (Lipinski definition) is 5. The molecule has 0 saturated heterocycles. The number of carbonyl (C=O) groups is 2. The number of anilines is 1. The lowest BCUT2D eigenvalue weighted by molar-refractivity contribution is -0.121. The summed E-state index contributed by atoms with van der Waals surface area (Å²) >= 11 is 5.19. The van der Waals surface area contributed by atoms with Crippen LogP contribution in [0.2, 0.25) is 0 Å². The largest absolute Gasteiger partial charge is 0.484 e. The summed E-state index contributed by atoms with van der Waals surface area (Å²) in [5, 5.41) is 5.66. The molecule has 0 radical (unpaired) electrons. The second kappa shape index (κ2) is 12.8. The Morgan fingerprint density at radius 3 is 2.41 bits per heavy atom. The highest BCUT2D eigenvalue weighted by molar-refractivity contribution is 7.80. The van der Waals surface area contributed by atoms with Gasteiger partial charge in [-0.3, -0.25) is 10.1 Å². The van der Waals surface area contributed by atoms with Crippen molar-refractivity contribution in [1.29, 1.82) is 0 Å². The van der Waals surface area contributed by atoms with Crippen LogP contribution in [0.25, 0.3) is 0 Å². The van der Waals surface area contributed by atoms with Gasteiger partial charge in [0.05, 0.1) is 12.2 Å². The Labute approximate surface area is 195 Å². The van der Waals surface area contributed by atoms with Crippen LogP contribution in [0, 0.1) is 6.92 Å². The maximum atomic E-state index is 12.1. The minimum atomic E-state index is -0.361. The van der Waals surface area contributed by atoms with Gasteiger partial charge in [0.2, 0.25) is 0 Å². The van der Waals surface area contributed by atoms with Crippen molar-refractivity contribution in [2.45, 2.75) is 52.9 Å². The molecule has 6 nitrogen and oxygen atoms in total. The van der Waals surface area contributed by atoms with Gasteiger partial charge < -0.3 is 14.8 Å². The molecule has 0 aliphatic carbocycles. The SMILES string of the molecule is CCCCCOC(=O)c1ccc(NC(=S)NC(=O)COc2ccc(C(C)C)c(C)c2)cc1. The van der Waals surface area contributed by atoms with Crippen molar-refractivity contribution in [2.75, 3.05) is 18.5 Å². The number of rotatable bonds is 10. The number of hydrogen-bond donors (Lipinski definition) is 2. The average molecular weight is 457 g/mol. The topological polar surface area (TPSA) is 76.7 Å². The Balaban J connectivity index is 1.77. The Morgan fingerprint density at radius 2 is 1.78 bits per heavy atom. The fraction of sp³-hybridized carbons (Fsp3) is 0.400. The predicted octanol–water partition coefficient (Wildman–Crippen LogP) is 5.36. The lowest BCUT2D eigenvalue weighted by atomic mass is 9.98. The van der Waals surface area contributed by atoms with Crippen LogP contribution in [0.4, 0.5) is 5.69 Å². The summed E-state index contributed by atoms with van der Waals surface area (Å²) in [7, 11) is 0. The molecule has 0 aliphatic rings. The van der Waals surface area contributed by atoms with E-state index in [1.165, 1.54) is 5.56 Å². The van der Waals surface area contributed by atoms with Crippen LogP contribution in [0.5, 0.6) is 5.75 Å². The fourth-order valence-corrected chi connectivity index (χ4v) is 3.38. The lowest BCUT2D eigenvalue weighted by Crippen LogP contribution is -2.37.